The summed E-state index contributed by atoms with van der Waals surface area (Å²) in [6, 6.07) is 0. The molecule has 1 aliphatic heterocycles. The van der Waals surface area contributed by atoms with Crippen molar-refractivity contribution >= 4 is 5.95 Å². The zero-order chi connectivity index (χ0) is 13.0. The van der Waals surface area contributed by atoms with Crippen molar-refractivity contribution in [2.75, 3.05) is 25.0 Å². The molecule has 0 aromatic carbocycles. The van der Waals surface area contributed by atoms with Gasteiger partial charge in [-0.05, 0) is 33.7 Å². The molecule has 2 heterocycles. The Hall–Kier alpha value is -1.16. The van der Waals surface area contributed by atoms with Gasteiger partial charge in [-0.2, -0.15) is 0 Å². The molecule has 2 rings (SSSR count). The van der Waals surface area contributed by atoms with Gasteiger partial charge in [-0.25, -0.2) is 9.97 Å². The molecule has 4 nitrogen and oxygen atoms in total. The van der Waals surface area contributed by atoms with Crippen LogP contribution >= 0.6 is 0 Å². The summed E-state index contributed by atoms with van der Waals surface area (Å²) >= 11 is 0. The SMILES string of the molecule is CNCc1c(C)nc(N2CCCCCC2)nc1C. The Morgan fingerprint density at radius 3 is 2.06 bits per heavy atom. The zero-order valence-corrected chi connectivity index (χ0v) is 11.8. The van der Waals surface area contributed by atoms with Gasteiger partial charge in [-0.3, -0.25) is 0 Å². The molecular formula is C14H24N4. The molecule has 1 saturated heterocycles. The largest absolute Gasteiger partial charge is 0.341 e. The average Bonchev–Trinajstić information content (AvgIpc) is 2.62. The Bertz CT molecular complexity index is 372. The number of anilines is 1. The Balaban J connectivity index is 2.23. The molecule has 0 atom stereocenters. The molecular weight excluding hydrogens is 224 g/mol. The highest BCUT2D eigenvalue weighted by atomic mass is 15.2. The van der Waals surface area contributed by atoms with E-state index < -0.39 is 0 Å². The number of aromatic nitrogens is 2. The number of nitrogens with one attached hydrogen (secondary N) is 1. The first kappa shape index (κ1) is 13.3. The van der Waals surface area contributed by atoms with Gasteiger partial charge in [0.15, 0.2) is 0 Å². The van der Waals surface area contributed by atoms with E-state index in [1.165, 1.54) is 31.2 Å². The molecule has 0 unspecified atom stereocenters. The monoisotopic (exact) mass is 248 g/mol. The van der Waals surface area contributed by atoms with Crippen molar-refractivity contribution in [2.45, 2.75) is 46.1 Å². The minimum Gasteiger partial charge on any atom is -0.341 e. The number of hydrogen-bond donors (Lipinski definition) is 1. The summed E-state index contributed by atoms with van der Waals surface area (Å²) in [4.78, 5) is 11.7. The van der Waals surface area contributed by atoms with Crippen molar-refractivity contribution in [1.29, 1.82) is 0 Å². The summed E-state index contributed by atoms with van der Waals surface area (Å²) in [7, 11) is 1.96. The van der Waals surface area contributed by atoms with Crippen LogP contribution in [-0.2, 0) is 6.54 Å². The maximum atomic E-state index is 4.69. The van der Waals surface area contributed by atoms with E-state index in [0.29, 0.717) is 0 Å². The lowest BCUT2D eigenvalue weighted by molar-refractivity contribution is 0.726. The molecule has 1 aromatic heterocycles. The second kappa shape index (κ2) is 6.14. The average molecular weight is 248 g/mol. The molecule has 0 aliphatic carbocycles. The normalized spacial score (nSPS) is 16.7. The fourth-order valence-electron chi connectivity index (χ4n) is 2.57. The molecule has 4 heteroatoms. The van der Waals surface area contributed by atoms with Gasteiger partial charge in [0.2, 0.25) is 5.95 Å². The van der Waals surface area contributed by atoms with E-state index in [1.807, 2.05) is 7.05 Å². The predicted molar refractivity (Wildman–Crippen MR) is 75.0 cm³/mol. The second-order valence-electron chi connectivity index (χ2n) is 5.10. The predicted octanol–water partition coefficient (Wildman–Crippen LogP) is 2.19. The van der Waals surface area contributed by atoms with Crippen LogP contribution in [0.15, 0.2) is 0 Å². The Morgan fingerprint density at radius 1 is 1.00 bits per heavy atom. The summed E-state index contributed by atoms with van der Waals surface area (Å²) in [6.07, 6.45) is 5.21. The van der Waals surface area contributed by atoms with Crippen LogP contribution in [0.25, 0.3) is 0 Å². The van der Waals surface area contributed by atoms with E-state index in [1.54, 1.807) is 0 Å². The van der Waals surface area contributed by atoms with Gasteiger partial charge < -0.3 is 10.2 Å². The van der Waals surface area contributed by atoms with Crippen molar-refractivity contribution in [3.8, 4) is 0 Å². The van der Waals surface area contributed by atoms with Gasteiger partial charge in [-0.15, -0.1) is 0 Å². The maximum absolute atomic E-state index is 4.69. The molecule has 0 amide bonds. The third-order valence-corrected chi connectivity index (χ3v) is 3.65. The standard InChI is InChI=1S/C14H24N4/c1-11-13(10-15-3)12(2)17-14(16-11)18-8-6-4-5-7-9-18/h15H,4-10H2,1-3H3. The van der Waals surface area contributed by atoms with Crippen LogP contribution in [0.3, 0.4) is 0 Å². The summed E-state index contributed by atoms with van der Waals surface area (Å²) in [5.41, 5.74) is 3.45. The van der Waals surface area contributed by atoms with Crippen LogP contribution in [0.1, 0.15) is 42.6 Å². The highest BCUT2D eigenvalue weighted by molar-refractivity contribution is 5.36. The lowest BCUT2D eigenvalue weighted by atomic mass is 10.2. The molecule has 0 bridgehead atoms. The first-order valence-corrected chi connectivity index (χ1v) is 6.96. The first-order valence-electron chi connectivity index (χ1n) is 6.96. The van der Waals surface area contributed by atoms with Crippen LogP contribution in [0.5, 0.6) is 0 Å². The molecule has 0 radical (unpaired) electrons. The zero-order valence-electron chi connectivity index (χ0n) is 11.8. The summed E-state index contributed by atoms with van der Waals surface area (Å²) < 4.78 is 0. The molecule has 0 saturated carbocycles. The number of aryl methyl sites for hydroxylation is 2. The van der Waals surface area contributed by atoms with E-state index in [2.05, 4.69) is 24.1 Å². The number of hydrogen-bond acceptors (Lipinski definition) is 4. The van der Waals surface area contributed by atoms with Crippen LogP contribution in [-0.4, -0.2) is 30.1 Å². The van der Waals surface area contributed by atoms with Gasteiger partial charge in [0.05, 0.1) is 0 Å². The first-order chi connectivity index (χ1) is 8.72. The lowest BCUT2D eigenvalue weighted by Crippen LogP contribution is -2.27. The number of rotatable bonds is 3. The van der Waals surface area contributed by atoms with Gasteiger partial charge >= 0.3 is 0 Å². The molecule has 18 heavy (non-hydrogen) atoms. The van der Waals surface area contributed by atoms with Gasteiger partial charge in [0, 0.05) is 36.6 Å². The minimum absolute atomic E-state index is 0.845. The van der Waals surface area contributed by atoms with Gasteiger partial charge in [0.1, 0.15) is 0 Å². The van der Waals surface area contributed by atoms with Gasteiger partial charge in [0.25, 0.3) is 0 Å². The fourth-order valence-corrected chi connectivity index (χ4v) is 2.57. The van der Waals surface area contributed by atoms with Gasteiger partial charge in [-0.1, -0.05) is 12.8 Å². The molecule has 1 aliphatic rings. The molecule has 1 fully saturated rings. The Labute approximate surface area is 110 Å². The van der Waals surface area contributed by atoms with Crippen LogP contribution in [0.4, 0.5) is 5.95 Å². The van der Waals surface area contributed by atoms with Crippen molar-refractivity contribution in [2.24, 2.45) is 0 Å². The van der Waals surface area contributed by atoms with E-state index in [9.17, 15) is 0 Å². The molecule has 0 spiro atoms. The topological polar surface area (TPSA) is 41.1 Å². The van der Waals surface area contributed by atoms with Crippen molar-refractivity contribution in [1.82, 2.24) is 15.3 Å². The minimum atomic E-state index is 0.845. The summed E-state index contributed by atoms with van der Waals surface area (Å²) in [6.45, 7) is 7.22. The van der Waals surface area contributed by atoms with Crippen molar-refractivity contribution in [3.05, 3.63) is 17.0 Å². The van der Waals surface area contributed by atoms with Crippen LogP contribution in [0, 0.1) is 13.8 Å². The quantitative estimate of drug-likeness (QED) is 0.890. The number of nitrogens with zero attached hydrogens (tertiary/aromatic N) is 3. The van der Waals surface area contributed by atoms with Crippen LogP contribution < -0.4 is 10.2 Å². The Morgan fingerprint density at radius 2 is 1.56 bits per heavy atom. The maximum Gasteiger partial charge on any atom is 0.225 e. The van der Waals surface area contributed by atoms with Crippen molar-refractivity contribution in [3.63, 3.8) is 0 Å². The van der Waals surface area contributed by atoms with E-state index in [-0.39, 0.29) is 0 Å². The third-order valence-electron chi connectivity index (χ3n) is 3.65. The third kappa shape index (κ3) is 2.99. The van der Waals surface area contributed by atoms with Crippen LogP contribution in [0.2, 0.25) is 0 Å². The lowest BCUT2D eigenvalue weighted by Gasteiger charge is -2.22. The summed E-state index contributed by atoms with van der Waals surface area (Å²) in [5, 5.41) is 3.18. The fraction of sp³-hybridized carbons (Fsp3) is 0.714. The van der Waals surface area contributed by atoms with E-state index in [0.717, 1.165) is 37.0 Å². The molecule has 1 N–H and O–H groups in total. The van der Waals surface area contributed by atoms with E-state index >= 15 is 0 Å². The Kier molecular flexibility index (Phi) is 4.53. The van der Waals surface area contributed by atoms with Crippen molar-refractivity contribution < 1.29 is 0 Å². The molecule has 1 aromatic rings. The highest BCUT2D eigenvalue weighted by Crippen LogP contribution is 2.19. The smallest absolute Gasteiger partial charge is 0.225 e. The molecule has 100 valence electrons. The van der Waals surface area contributed by atoms with E-state index in [4.69, 9.17) is 9.97 Å². The summed E-state index contributed by atoms with van der Waals surface area (Å²) in [5.74, 6) is 0.923. The highest BCUT2D eigenvalue weighted by Gasteiger charge is 2.15. The second-order valence-corrected chi connectivity index (χ2v) is 5.10.